The number of rotatable bonds is 2. The molecule has 2 atom stereocenters. The van der Waals surface area contributed by atoms with E-state index >= 15 is 0 Å². The number of anilines is 2. The standard InChI is InChI=1S/C16H20N6/c1-10-6-11(2)19-16(18-10)21-8-13-7-14(9-21)22(13)15-4-5-17-12(3)20-15/h4-6,13-14H,7-9H2,1-3H3. The van der Waals surface area contributed by atoms with Gasteiger partial charge in [-0.3, -0.25) is 0 Å². The predicted octanol–water partition coefficient (Wildman–Crippen LogP) is 1.66. The third-order valence-corrected chi connectivity index (χ3v) is 4.47. The minimum absolute atomic E-state index is 0.498. The number of fused-ring (bicyclic) bond motifs is 2. The van der Waals surface area contributed by atoms with Gasteiger partial charge in [-0.15, -0.1) is 0 Å². The van der Waals surface area contributed by atoms with Crippen molar-refractivity contribution in [1.82, 2.24) is 19.9 Å². The number of hydrogen-bond acceptors (Lipinski definition) is 6. The molecular weight excluding hydrogens is 276 g/mol. The van der Waals surface area contributed by atoms with Gasteiger partial charge in [0.1, 0.15) is 11.6 Å². The Morgan fingerprint density at radius 3 is 2.32 bits per heavy atom. The fraction of sp³-hybridized carbons (Fsp3) is 0.500. The van der Waals surface area contributed by atoms with E-state index in [4.69, 9.17) is 0 Å². The molecule has 0 radical (unpaired) electrons. The van der Waals surface area contributed by atoms with Crippen LogP contribution in [0.4, 0.5) is 11.8 Å². The van der Waals surface area contributed by atoms with Gasteiger partial charge >= 0.3 is 0 Å². The molecule has 3 aliphatic heterocycles. The Kier molecular flexibility index (Phi) is 2.99. The van der Waals surface area contributed by atoms with E-state index in [0.29, 0.717) is 12.1 Å². The van der Waals surface area contributed by atoms with Crippen LogP contribution in [0.3, 0.4) is 0 Å². The van der Waals surface area contributed by atoms with E-state index in [1.54, 1.807) is 0 Å². The van der Waals surface area contributed by atoms with E-state index in [9.17, 15) is 0 Å². The molecule has 0 N–H and O–H groups in total. The average molecular weight is 296 g/mol. The molecule has 2 aromatic heterocycles. The number of hydrogen-bond donors (Lipinski definition) is 0. The van der Waals surface area contributed by atoms with Crippen molar-refractivity contribution in [1.29, 1.82) is 0 Å². The lowest BCUT2D eigenvalue weighted by Crippen LogP contribution is -2.69. The van der Waals surface area contributed by atoms with Gasteiger partial charge in [-0.2, -0.15) is 0 Å². The Hall–Kier alpha value is -2.24. The van der Waals surface area contributed by atoms with Gasteiger partial charge in [0.05, 0.1) is 12.1 Å². The SMILES string of the molecule is Cc1cc(C)nc(N2CC3CC(C2)N3c2ccnc(C)n2)n1. The van der Waals surface area contributed by atoms with Crippen LogP contribution in [0.25, 0.3) is 0 Å². The highest BCUT2D eigenvalue weighted by atomic mass is 15.4. The predicted molar refractivity (Wildman–Crippen MR) is 85.2 cm³/mol. The summed E-state index contributed by atoms with van der Waals surface area (Å²) < 4.78 is 0. The van der Waals surface area contributed by atoms with Gasteiger partial charge in [-0.1, -0.05) is 0 Å². The molecule has 0 aromatic carbocycles. The second-order valence-corrected chi connectivity index (χ2v) is 6.27. The summed E-state index contributed by atoms with van der Waals surface area (Å²) in [5.74, 6) is 2.75. The maximum atomic E-state index is 4.60. The van der Waals surface area contributed by atoms with Crippen molar-refractivity contribution in [3.63, 3.8) is 0 Å². The zero-order valence-corrected chi connectivity index (χ0v) is 13.2. The zero-order valence-electron chi connectivity index (χ0n) is 13.2. The highest BCUT2D eigenvalue weighted by Gasteiger charge is 2.46. The van der Waals surface area contributed by atoms with Crippen LogP contribution in [0.1, 0.15) is 23.6 Å². The molecule has 0 saturated carbocycles. The molecule has 2 aromatic rings. The number of aromatic nitrogens is 4. The minimum Gasteiger partial charge on any atom is -0.347 e. The van der Waals surface area contributed by atoms with Gasteiger partial charge in [-0.25, -0.2) is 19.9 Å². The van der Waals surface area contributed by atoms with Gasteiger partial charge in [0, 0.05) is 30.7 Å². The Morgan fingerprint density at radius 2 is 1.68 bits per heavy atom. The molecule has 3 aliphatic rings. The fourth-order valence-corrected chi connectivity index (χ4v) is 3.58. The molecule has 0 amide bonds. The maximum absolute atomic E-state index is 4.60. The Morgan fingerprint density at radius 1 is 1.00 bits per heavy atom. The Bertz CT molecular complexity index is 683. The summed E-state index contributed by atoms with van der Waals surface area (Å²) in [4.78, 5) is 22.7. The minimum atomic E-state index is 0.498. The van der Waals surface area contributed by atoms with E-state index in [-0.39, 0.29) is 0 Å². The fourth-order valence-electron chi connectivity index (χ4n) is 3.58. The summed E-state index contributed by atoms with van der Waals surface area (Å²) in [7, 11) is 0. The van der Waals surface area contributed by atoms with Crippen molar-refractivity contribution in [2.75, 3.05) is 22.9 Å². The van der Waals surface area contributed by atoms with Crippen LogP contribution in [0.2, 0.25) is 0 Å². The van der Waals surface area contributed by atoms with Crippen molar-refractivity contribution in [3.8, 4) is 0 Å². The Balaban J connectivity index is 1.55. The van der Waals surface area contributed by atoms with Gasteiger partial charge in [0.2, 0.25) is 5.95 Å². The van der Waals surface area contributed by atoms with Crippen LogP contribution in [0.15, 0.2) is 18.3 Å². The van der Waals surface area contributed by atoms with Crippen molar-refractivity contribution < 1.29 is 0 Å². The average Bonchev–Trinajstić information content (AvgIpc) is 2.46. The van der Waals surface area contributed by atoms with Crippen molar-refractivity contribution in [3.05, 3.63) is 35.5 Å². The van der Waals surface area contributed by atoms with Crippen LogP contribution in [0.5, 0.6) is 0 Å². The van der Waals surface area contributed by atoms with Crippen LogP contribution in [-0.2, 0) is 0 Å². The summed E-state index contributed by atoms with van der Waals surface area (Å²) in [5, 5.41) is 0. The number of nitrogens with zero attached hydrogens (tertiary/aromatic N) is 6. The lowest BCUT2D eigenvalue weighted by Gasteiger charge is -2.56. The lowest BCUT2D eigenvalue weighted by atomic mass is 9.87. The maximum Gasteiger partial charge on any atom is 0.225 e. The van der Waals surface area contributed by atoms with Crippen molar-refractivity contribution in [2.45, 2.75) is 39.3 Å². The first-order chi connectivity index (χ1) is 10.6. The number of aryl methyl sites for hydroxylation is 3. The molecule has 22 heavy (non-hydrogen) atoms. The normalized spacial score (nSPS) is 23.4. The van der Waals surface area contributed by atoms with Gasteiger partial charge in [0.15, 0.2) is 0 Å². The van der Waals surface area contributed by atoms with Crippen LogP contribution < -0.4 is 9.80 Å². The molecular formula is C16H20N6. The monoisotopic (exact) mass is 296 g/mol. The van der Waals surface area contributed by atoms with Crippen LogP contribution in [-0.4, -0.2) is 45.1 Å². The largest absolute Gasteiger partial charge is 0.347 e. The first-order valence-corrected chi connectivity index (χ1v) is 7.75. The Labute approximate surface area is 130 Å². The quantitative estimate of drug-likeness (QED) is 0.840. The van der Waals surface area contributed by atoms with Crippen molar-refractivity contribution >= 4 is 11.8 Å². The lowest BCUT2D eigenvalue weighted by molar-refractivity contribution is 0.286. The summed E-state index contributed by atoms with van der Waals surface area (Å²) in [6.45, 7) is 7.91. The molecule has 6 nitrogen and oxygen atoms in total. The van der Waals surface area contributed by atoms with Gasteiger partial charge < -0.3 is 9.80 Å². The third-order valence-electron chi connectivity index (χ3n) is 4.47. The topological polar surface area (TPSA) is 58.0 Å². The van der Waals surface area contributed by atoms with E-state index < -0.39 is 0 Å². The number of piperidine rings is 1. The molecule has 2 bridgehead atoms. The molecule has 3 saturated heterocycles. The smallest absolute Gasteiger partial charge is 0.225 e. The summed E-state index contributed by atoms with van der Waals surface area (Å²) in [6.07, 6.45) is 3.07. The van der Waals surface area contributed by atoms with Crippen molar-refractivity contribution in [2.24, 2.45) is 0 Å². The van der Waals surface area contributed by atoms with E-state index in [1.165, 1.54) is 6.42 Å². The molecule has 5 heterocycles. The number of piperazine rings is 1. The summed E-state index contributed by atoms with van der Waals surface area (Å²) in [6, 6.07) is 5.02. The molecule has 3 fully saturated rings. The highest BCUT2D eigenvalue weighted by molar-refractivity contribution is 5.50. The van der Waals surface area contributed by atoms with Crippen LogP contribution in [0, 0.1) is 20.8 Å². The summed E-state index contributed by atoms with van der Waals surface area (Å²) >= 11 is 0. The molecule has 5 rings (SSSR count). The zero-order chi connectivity index (χ0) is 15.3. The van der Waals surface area contributed by atoms with Gasteiger partial charge in [0.25, 0.3) is 0 Å². The first-order valence-electron chi connectivity index (χ1n) is 7.75. The molecule has 0 spiro atoms. The van der Waals surface area contributed by atoms with E-state index in [0.717, 1.165) is 42.1 Å². The third kappa shape index (κ3) is 2.19. The van der Waals surface area contributed by atoms with E-state index in [2.05, 4.69) is 29.7 Å². The van der Waals surface area contributed by atoms with Gasteiger partial charge in [-0.05, 0) is 39.3 Å². The molecule has 2 unspecified atom stereocenters. The molecule has 114 valence electrons. The second-order valence-electron chi connectivity index (χ2n) is 6.27. The molecule has 0 aliphatic carbocycles. The van der Waals surface area contributed by atoms with E-state index in [1.807, 2.05) is 39.1 Å². The molecule has 6 heteroatoms. The second kappa shape index (κ2) is 4.90. The van der Waals surface area contributed by atoms with Crippen LogP contribution >= 0.6 is 0 Å². The first kappa shape index (κ1) is 13.4. The highest BCUT2D eigenvalue weighted by Crippen LogP contribution is 2.36. The summed E-state index contributed by atoms with van der Waals surface area (Å²) in [5.41, 5.74) is 2.06.